The van der Waals surface area contributed by atoms with Gasteiger partial charge in [0.15, 0.2) is 0 Å². The minimum atomic E-state index is -0.733. The SMILES string of the molecule is Cn1cc(-c2cccc(C(=O)Nc3cc(N4CC[C@@H](C(C)(C)O)C4)nc(C4CC4)n3)n2)cn1. The molecule has 1 saturated heterocycles. The number of aromatic nitrogens is 5. The number of carbonyl (C=O) groups excluding carboxylic acids is 1. The molecular weight excluding hydrogens is 418 g/mol. The molecule has 9 nitrogen and oxygen atoms in total. The molecule has 1 saturated carbocycles. The summed E-state index contributed by atoms with van der Waals surface area (Å²) in [5.74, 6) is 2.25. The van der Waals surface area contributed by atoms with Gasteiger partial charge < -0.3 is 15.3 Å². The molecule has 1 amide bonds. The smallest absolute Gasteiger partial charge is 0.275 e. The van der Waals surface area contributed by atoms with Gasteiger partial charge in [-0.05, 0) is 45.2 Å². The fraction of sp³-hybridized carbons (Fsp3) is 0.458. The third-order valence-electron chi connectivity index (χ3n) is 6.41. The van der Waals surface area contributed by atoms with Crippen LogP contribution in [0.5, 0.6) is 0 Å². The summed E-state index contributed by atoms with van der Waals surface area (Å²) < 4.78 is 1.70. The number of pyridine rings is 1. The number of carbonyl (C=O) groups is 1. The standard InChI is InChI=1S/C24H29N7O2/c1-24(2,33)17-9-10-31(14-17)21-11-20(27-22(29-21)15-7-8-15)28-23(32)19-6-4-5-18(26-19)16-12-25-30(3)13-16/h4-6,11-13,15,17,33H,7-10,14H2,1-3H3,(H,27,28,29,32)/t17-/m1/s1. The van der Waals surface area contributed by atoms with E-state index < -0.39 is 5.60 Å². The van der Waals surface area contributed by atoms with Crippen LogP contribution in [0.15, 0.2) is 36.7 Å². The second-order valence-electron chi connectivity index (χ2n) is 9.59. The van der Waals surface area contributed by atoms with Crippen LogP contribution in [0, 0.1) is 5.92 Å². The molecule has 1 atom stereocenters. The van der Waals surface area contributed by atoms with Crippen LogP contribution in [0.25, 0.3) is 11.3 Å². The molecule has 1 aliphatic carbocycles. The van der Waals surface area contributed by atoms with E-state index in [1.807, 2.05) is 45.3 Å². The highest BCUT2D eigenvalue weighted by Crippen LogP contribution is 2.40. The number of hydrogen-bond donors (Lipinski definition) is 2. The van der Waals surface area contributed by atoms with Crippen molar-refractivity contribution >= 4 is 17.5 Å². The van der Waals surface area contributed by atoms with Gasteiger partial charge >= 0.3 is 0 Å². The minimum Gasteiger partial charge on any atom is -0.390 e. The fourth-order valence-corrected chi connectivity index (χ4v) is 4.20. The summed E-state index contributed by atoms with van der Waals surface area (Å²) in [6.07, 6.45) is 6.62. The van der Waals surface area contributed by atoms with Crippen LogP contribution in [-0.2, 0) is 7.05 Å². The highest BCUT2D eigenvalue weighted by atomic mass is 16.3. The number of hydrogen-bond acceptors (Lipinski definition) is 7. The maximum Gasteiger partial charge on any atom is 0.275 e. The first-order valence-corrected chi connectivity index (χ1v) is 11.4. The van der Waals surface area contributed by atoms with Crippen molar-refractivity contribution in [2.45, 2.75) is 44.6 Å². The molecule has 3 aromatic heterocycles. The Hall–Kier alpha value is -3.33. The quantitative estimate of drug-likeness (QED) is 0.598. The van der Waals surface area contributed by atoms with Gasteiger partial charge in [-0.15, -0.1) is 0 Å². The molecule has 3 aromatic rings. The molecule has 9 heteroatoms. The predicted molar refractivity (Wildman–Crippen MR) is 125 cm³/mol. The van der Waals surface area contributed by atoms with Crippen LogP contribution in [0.4, 0.5) is 11.6 Å². The largest absolute Gasteiger partial charge is 0.390 e. The third kappa shape index (κ3) is 4.73. The van der Waals surface area contributed by atoms with Crippen molar-refractivity contribution in [2.24, 2.45) is 13.0 Å². The van der Waals surface area contributed by atoms with E-state index in [2.05, 4.69) is 25.3 Å². The van der Waals surface area contributed by atoms with Crippen LogP contribution in [-0.4, -0.2) is 54.4 Å². The average Bonchev–Trinajstić information content (AvgIpc) is 3.33. The summed E-state index contributed by atoms with van der Waals surface area (Å²) in [4.78, 5) is 29.1. The highest BCUT2D eigenvalue weighted by Gasteiger charge is 2.35. The van der Waals surface area contributed by atoms with Crippen molar-refractivity contribution in [3.8, 4) is 11.3 Å². The van der Waals surface area contributed by atoms with E-state index in [1.165, 1.54) is 0 Å². The molecule has 0 unspecified atom stereocenters. The van der Waals surface area contributed by atoms with Gasteiger partial charge in [-0.1, -0.05) is 6.07 Å². The maximum absolute atomic E-state index is 13.0. The van der Waals surface area contributed by atoms with Crippen molar-refractivity contribution in [1.29, 1.82) is 0 Å². The maximum atomic E-state index is 13.0. The van der Waals surface area contributed by atoms with E-state index in [0.29, 0.717) is 23.1 Å². The lowest BCUT2D eigenvalue weighted by molar-refractivity contribution is 0.0263. The Morgan fingerprint density at radius 2 is 2.00 bits per heavy atom. The Balaban J connectivity index is 1.38. The molecule has 1 aliphatic heterocycles. The van der Waals surface area contributed by atoms with Gasteiger partial charge in [-0.3, -0.25) is 9.48 Å². The van der Waals surface area contributed by atoms with Gasteiger partial charge in [0, 0.05) is 49.8 Å². The van der Waals surface area contributed by atoms with Gasteiger partial charge in [0.1, 0.15) is 23.2 Å². The number of aliphatic hydroxyl groups is 1. The lowest BCUT2D eigenvalue weighted by Gasteiger charge is -2.26. The first-order chi connectivity index (χ1) is 15.8. The Bertz CT molecular complexity index is 1180. The molecule has 0 bridgehead atoms. The van der Waals surface area contributed by atoms with E-state index in [0.717, 1.165) is 49.6 Å². The topological polar surface area (TPSA) is 109 Å². The summed E-state index contributed by atoms with van der Waals surface area (Å²) in [5, 5.41) is 17.5. The number of rotatable bonds is 6. The summed E-state index contributed by atoms with van der Waals surface area (Å²) >= 11 is 0. The number of nitrogens with zero attached hydrogens (tertiary/aromatic N) is 6. The van der Waals surface area contributed by atoms with Crippen molar-refractivity contribution in [3.05, 3.63) is 48.2 Å². The molecule has 4 heterocycles. The van der Waals surface area contributed by atoms with Gasteiger partial charge in [0.25, 0.3) is 5.91 Å². The Labute approximate surface area is 192 Å². The number of anilines is 2. The summed E-state index contributed by atoms with van der Waals surface area (Å²) in [6.45, 7) is 5.26. The second kappa shape index (κ2) is 8.22. The van der Waals surface area contributed by atoms with E-state index in [1.54, 1.807) is 16.9 Å². The first-order valence-electron chi connectivity index (χ1n) is 11.4. The second-order valence-corrected chi connectivity index (χ2v) is 9.59. The molecule has 2 aliphatic rings. The number of aryl methyl sites for hydroxylation is 1. The van der Waals surface area contributed by atoms with Gasteiger partial charge in [-0.2, -0.15) is 5.10 Å². The molecule has 5 rings (SSSR count). The lowest BCUT2D eigenvalue weighted by atomic mass is 9.90. The zero-order valence-corrected chi connectivity index (χ0v) is 19.2. The van der Waals surface area contributed by atoms with Crippen LogP contribution in [0.2, 0.25) is 0 Å². The van der Waals surface area contributed by atoms with Crippen molar-refractivity contribution < 1.29 is 9.90 Å². The first kappa shape index (κ1) is 21.5. The summed E-state index contributed by atoms with van der Waals surface area (Å²) in [6, 6.07) is 7.18. The fourth-order valence-electron chi connectivity index (χ4n) is 4.20. The molecule has 0 aromatic carbocycles. The van der Waals surface area contributed by atoms with Crippen LogP contribution in [0.3, 0.4) is 0 Å². The van der Waals surface area contributed by atoms with Crippen LogP contribution < -0.4 is 10.2 Å². The third-order valence-corrected chi connectivity index (χ3v) is 6.41. The van der Waals surface area contributed by atoms with Crippen LogP contribution >= 0.6 is 0 Å². The summed E-state index contributed by atoms with van der Waals surface area (Å²) in [5.41, 5.74) is 1.12. The van der Waals surface area contributed by atoms with E-state index >= 15 is 0 Å². The minimum absolute atomic E-state index is 0.175. The molecule has 2 N–H and O–H groups in total. The zero-order chi connectivity index (χ0) is 23.2. The lowest BCUT2D eigenvalue weighted by Crippen LogP contribution is -2.33. The molecule has 2 fully saturated rings. The van der Waals surface area contributed by atoms with Gasteiger partial charge in [0.05, 0.1) is 17.5 Å². The van der Waals surface area contributed by atoms with Gasteiger partial charge in [-0.25, -0.2) is 15.0 Å². The zero-order valence-electron chi connectivity index (χ0n) is 19.2. The van der Waals surface area contributed by atoms with E-state index in [-0.39, 0.29) is 11.8 Å². The van der Waals surface area contributed by atoms with Crippen molar-refractivity contribution in [1.82, 2.24) is 24.7 Å². The average molecular weight is 448 g/mol. The van der Waals surface area contributed by atoms with E-state index in [9.17, 15) is 9.90 Å². The molecule has 33 heavy (non-hydrogen) atoms. The molecule has 0 spiro atoms. The highest BCUT2D eigenvalue weighted by molar-refractivity contribution is 6.02. The number of amides is 1. The van der Waals surface area contributed by atoms with Crippen molar-refractivity contribution in [3.63, 3.8) is 0 Å². The van der Waals surface area contributed by atoms with Crippen LogP contribution in [0.1, 0.15) is 55.3 Å². The Morgan fingerprint density at radius 3 is 2.67 bits per heavy atom. The predicted octanol–water partition coefficient (Wildman–Crippen LogP) is 3.00. The van der Waals surface area contributed by atoms with Crippen molar-refractivity contribution in [2.75, 3.05) is 23.3 Å². The molecule has 172 valence electrons. The Kier molecular flexibility index (Phi) is 5.36. The summed E-state index contributed by atoms with van der Waals surface area (Å²) in [7, 11) is 1.84. The normalized spacial score (nSPS) is 18.5. The van der Waals surface area contributed by atoms with Gasteiger partial charge in [0.2, 0.25) is 0 Å². The van der Waals surface area contributed by atoms with E-state index in [4.69, 9.17) is 4.98 Å². The Morgan fingerprint density at radius 1 is 1.18 bits per heavy atom. The number of nitrogens with one attached hydrogen (secondary N) is 1. The monoisotopic (exact) mass is 447 g/mol. The molecular formula is C24H29N7O2. The molecule has 0 radical (unpaired) electrons.